The number of rotatable bonds is 5. The van der Waals surface area contributed by atoms with Crippen molar-refractivity contribution in [2.24, 2.45) is 0 Å². The highest BCUT2D eigenvalue weighted by atomic mass is 16.5. The van der Waals surface area contributed by atoms with Crippen molar-refractivity contribution in [2.75, 3.05) is 0 Å². The molecule has 1 N–H and O–H groups in total. The lowest BCUT2D eigenvalue weighted by molar-refractivity contribution is -0.144. The standard InChI is InChI=1S/C18H15NO4/c1-12(18(20)21)22-14-7-9-15(10-8-14)23-17-11-6-13-4-2-3-5-16(13)19-17/h2-12H,1H3,(H,20,21). The number of pyridine rings is 1. The molecule has 23 heavy (non-hydrogen) atoms. The maximum Gasteiger partial charge on any atom is 0.344 e. The smallest absolute Gasteiger partial charge is 0.344 e. The molecule has 0 bridgehead atoms. The third-order valence-corrected chi connectivity index (χ3v) is 3.28. The lowest BCUT2D eigenvalue weighted by Gasteiger charge is -2.11. The highest BCUT2D eigenvalue weighted by Gasteiger charge is 2.12. The number of carboxylic acids is 1. The second-order valence-corrected chi connectivity index (χ2v) is 5.01. The molecule has 3 aromatic rings. The van der Waals surface area contributed by atoms with Gasteiger partial charge in [0, 0.05) is 11.5 Å². The molecule has 0 radical (unpaired) electrons. The number of aliphatic carboxylic acids is 1. The Morgan fingerprint density at radius 2 is 1.70 bits per heavy atom. The van der Waals surface area contributed by atoms with E-state index in [-0.39, 0.29) is 0 Å². The zero-order chi connectivity index (χ0) is 16.2. The molecule has 1 unspecified atom stereocenters. The van der Waals surface area contributed by atoms with Gasteiger partial charge in [0.25, 0.3) is 0 Å². The molecule has 0 spiro atoms. The molecular formula is C18H15NO4. The second kappa shape index (κ2) is 6.36. The first-order valence-corrected chi connectivity index (χ1v) is 7.15. The summed E-state index contributed by atoms with van der Waals surface area (Å²) in [5.41, 5.74) is 0.861. The molecule has 1 atom stereocenters. The van der Waals surface area contributed by atoms with Gasteiger partial charge in [0.1, 0.15) is 11.5 Å². The zero-order valence-electron chi connectivity index (χ0n) is 12.5. The number of ether oxygens (including phenoxy) is 2. The highest BCUT2D eigenvalue weighted by molar-refractivity contribution is 5.78. The maximum atomic E-state index is 10.8. The normalized spacial score (nSPS) is 11.9. The first-order chi connectivity index (χ1) is 11.1. The monoisotopic (exact) mass is 309 g/mol. The van der Waals surface area contributed by atoms with Gasteiger partial charge < -0.3 is 14.6 Å². The highest BCUT2D eigenvalue weighted by Crippen LogP contribution is 2.24. The van der Waals surface area contributed by atoms with Gasteiger partial charge in [0.2, 0.25) is 5.88 Å². The molecule has 0 saturated heterocycles. The van der Waals surface area contributed by atoms with Crippen LogP contribution in [0.4, 0.5) is 0 Å². The fourth-order valence-corrected chi connectivity index (χ4v) is 2.07. The van der Waals surface area contributed by atoms with E-state index in [1.807, 2.05) is 30.3 Å². The number of carboxylic acid groups (broad SMARTS) is 1. The molecule has 1 heterocycles. The minimum atomic E-state index is -1.01. The Hall–Kier alpha value is -3.08. The minimum absolute atomic E-state index is 0.471. The summed E-state index contributed by atoms with van der Waals surface area (Å²) in [5, 5.41) is 9.87. The van der Waals surface area contributed by atoms with E-state index in [1.54, 1.807) is 30.3 Å². The van der Waals surface area contributed by atoms with E-state index in [0.717, 1.165) is 10.9 Å². The Bertz CT molecular complexity index is 830. The van der Waals surface area contributed by atoms with Gasteiger partial charge in [-0.25, -0.2) is 9.78 Å². The van der Waals surface area contributed by atoms with E-state index >= 15 is 0 Å². The number of hydrogen-bond donors (Lipinski definition) is 1. The molecule has 0 aliphatic carbocycles. The number of carbonyl (C=O) groups is 1. The number of aromatic nitrogens is 1. The number of benzene rings is 2. The van der Waals surface area contributed by atoms with Gasteiger partial charge in [-0.1, -0.05) is 18.2 Å². The SMILES string of the molecule is CC(Oc1ccc(Oc2ccc3ccccc3n2)cc1)C(=O)O. The van der Waals surface area contributed by atoms with Gasteiger partial charge in [0.05, 0.1) is 5.52 Å². The van der Waals surface area contributed by atoms with Gasteiger partial charge in [-0.05, 0) is 43.3 Å². The lowest BCUT2D eigenvalue weighted by atomic mass is 10.2. The molecule has 5 nitrogen and oxygen atoms in total. The predicted octanol–water partition coefficient (Wildman–Crippen LogP) is 3.88. The van der Waals surface area contributed by atoms with E-state index in [4.69, 9.17) is 14.6 Å². The minimum Gasteiger partial charge on any atom is -0.479 e. The molecule has 116 valence electrons. The summed E-state index contributed by atoms with van der Waals surface area (Å²) in [7, 11) is 0. The number of hydrogen-bond acceptors (Lipinski definition) is 4. The molecule has 0 amide bonds. The van der Waals surface area contributed by atoms with Crippen molar-refractivity contribution in [3.05, 3.63) is 60.7 Å². The van der Waals surface area contributed by atoms with Crippen molar-refractivity contribution in [1.29, 1.82) is 0 Å². The van der Waals surface area contributed by atoms with Crippen molar-refractivity contribution >= 4 is 16.9 Å². The van der Waals surface area contributed by atoms with Crippen LogP contribution in [0.2, 0.25) is 0 Å². The summed E-state index contributed by atoms with van der Waals surface area (Å²) < 4.78 is 11.0. The quantitative estimate of drug-likeness (QED) is 0.774. The Kier molecular flexibility index (Phi) is 4.10. The Balaban J connectivity index is 1.73. The van der Waals surface area contributed by atoms with Crippen LogP contribution in [0.15, 0.2) is 60.7 Å². The topological polar surface area (TPSA) is 68.7 Å². The maximum absolute atomic E-state index is 10.8. The van der Waals surface area contributed by atoms with Crippen molar-refractivity contribution in [3.8, 4) is 17.4 Å². The van der Waals surface area contributed by atoms with Crippen LogP contribution >= 0.6 is 0 Å². The van der Waals surface area contributed by atoms with Crippen molar-refractivity contribution in [2.45, 2.75) is 13.0 Å². The third-order valence-electron chi connectivity index (χ3n) is 3.28. The third kappa shape index (κ3) is 3.58. The Morgan fingerprint density at radius 1 is 1.00 bits per heavy atom. The van der Waals surface area contributed by atoms with Crippen molar-refractivity contribution in [3.63, 3.8) is 0 Å². The Morgan fingerprint density at radius 3 is 2.43 bits per heavy atom. The average Bonchev–Trinajstić information content (AvgIpc) is 2.56. The summed E-state index contributed by atoms with van der Waals surface area (Å²) in [6.45, 7) is 1.48. The second-order valence-electron chi connectivity index (χ2n) is 5.01. The number of fused-ring (bicyclic) bond motifs is 1. The van der Waals surface area contributed by atoms with Crippen LogP contribution in [-0.2, 0) is 4.79 Å². The van der Waals surface area contributed by atoms with E-state index in [9.17, 15) is 4.79 Å². The fourth-order valence-electron chi connectivity index (χ4n) is 2.07. The van der Waals surface area contributed by atoms with Crippen LogP contribution in [0.3, 0.4) is 0 Å². The van der Waals surface area contributed by atoms with Crippen LogP contribution in [0, 0.1) is 0 Å². The first-order valence-electron chi connectivity index (χ1n) is 7.15. The van der Waals surface area contributed by atoms with E-state index in [2.05, 4.69) is 4.98 Å². The predicted molar refractivity (Wildman–Crippen MR) is 86.0 cm³/mol. The summed E-state index contributed by atoms with van der Waals surface area (Å²) in [5.74, 6) is 0.559. The molecule has 0 aliphatic heterocycles. The Labute approximate surface area is 133 Å². The molecule has 0 saturated carbocycles. The van der Waals surface area contributed by atoms with Gasteiger partial charge in [-0.2, -0.15) is 0 Å². The van der Waals surface area contributed by atoms with Gasteiger partial charge in [0.15, 0.2) is 6.10 Å². The molecular weight excluding hydrogens is 294 g/mol. The van der Waals surface area contributed by atoms with Crippen LogP contribution in [0.1, 0.15) is 6.92 Å². The lowest BCUT2D eigenvalue weighted by Crippen LogP contribution is -2.22. The number of para-hydroxylation sites is 1. The fraction of sp³-hybridized carbons (Fsp3) is 0.111. The van der Waals surface area contributed by atoms with E-state index in [1.165, 1.54) is 6.92 Å². The summed E-state index contributed by atoms with van der Waals surface area (Å²) in [6.07, 6.45) is -0.899. The molecule has 5 heteroatoms. The van der Waals surface area contributed by atoms with Gasteiger partial charge >= 0.3 is 5.97 Å². The van der Waals surface area contributed by atoms with Crippen LogP contribution in [0.25, 0.3) is 10.9 Å². The largest absolute Gasteiger partial charge is 0.479 e. The molecule has 2 aromatic carbocycles. The first kappa shape index (κ1) is 14.8. The molecule has 1 aromatic heterocycles. The summed E-state index contributed by atoms with van der Waals surface area (Å²) in [6, 6.07) is 18.3. The van der Waals surface area contributed by atoms with Crippen LogP contribution < -0.4 is 9.47 Å². The average molecular weight is 309 g/mol. The van der Waals surface area contributed by atoms with Crippen molar-refractivity contribution in [1.82, 2.24) is 4.98 Å². The van der Waals surface area contributed by atoms with Crippen LogP contribution in [0.5, 0.6) is 17.4 Å². The summed E-state index contributed by atoms with van der Waals surface area (Å²) in [4.78, 5) is 15.2. The molecule has 0 fully saturated rings. The molecule has 0 aliphatic rings. The van der Waals surface area contributed by atoms with Crippen LogP contribution in [-0.4, -0.2) is 22.2 Å². The van der Waals surface area contributed by atoms with E-state index in [0.29, 0.717) is 17.4 Å². The summed E-state index contributed by atoms with van der Waals surface area (Å²) >= 11 is 0. The number of nitrogens with zero attached hydrogens (tertiary/aromatic N) is 1. The zero-order valence-corrected chi connectivity index (χ0v) is 12.5. The van der Waals surface area contributed by atoms with Gasteiger partial charge in [-0.3, -0.25) is 0 Å². The molecule has 3 rings (SSSR count). The van der Waals surface area contributed by atoms with Crippen molar-refractivity contribution < 1.29 is 19.4 Å². The van der Waals surface area contributed by atoms with E-state index < -0.39 is 12.1 Å². The van der Waals surface area contributed by atoms with Gasteiger partial charge in [-0.15, -0.1) is 0 Å².